The highest BCUT2D eigenvalue weighted by Crippen LogP contribution is 2.52. The van der Waals surface area contributed by atoms with Crippen molar-refractivity contribution in [2.45, 2.75) is 95.9 Å². The highest BCUT2D eigenvalue weighted by molar-refractivity contribution is 7.86. The van der Waals surface area contributed by atoms with E-state index in [9.17, 15) is 30.7 Å². The van der Waals surface area contributed by atoms with E-state index in [4.69, 9.17) is 9.84 Å². The van der Waals surface area contributed by atoms with Gasteiger partial charge in [-0.2, -0.15) is 16.8 Å². The van der Waals surface area contributed by atoms with Crippen molar-refractivity contribution in [2.24, 2.45) is 0 Å². The fourth-order valence-electron chi connectivity index (χ4n) is 9.24. The smallest absolute Gasteiger partial charge is 0.303 e. The predicted molar refractivity (Wildman–Crippen MR) is 251 cm³/mol. The van der Waals surface area contributed by atoms with E-state index in [-0.39, 0.29) is 29.4 Å². The zero-order valence-corrected chi connectivity index (χ0v) is 37.8. The molecule has 13 heteroatoms. The number of carboxylic acids is 1. The number of aliphatic carboxylic acids is 1. The molecular weight excluding hydrogens is 825 g/mol. The number of fused-ring (bicyclic) bond motifs is 6. The first kappa shape index (κ1) is 46.6. The molecule has 0 aliphatic carbocycles. The average molecular weight is 885 g/mol. The Balaban J connectivity index is 1.22. The van der Waals surface area contributed by atoms with Crippen molar-refractivity contribution in [2.75, 3.05) is 41.0 Å². The van der Waals surface area contributed by atoms with E-state index in [0.29, 0.717) is 51.8 Å². The minimum atomic E-state index is -4.07. The summed E-state index contributed by atoms with van der Waals surface area (Å²) in [6.07, 6.45) is 18.5. The Kier molecular flexibility index (Phi) is 14.7. The predicted octanol–water partition coefficient (Wildman–Crippen LogP) is 10.2. The molecule has 3 N–H and O–H groups in total. The van der Waals surface area contributed by atoms with E-state index in [1.807, 2.05) is 36.4 Å². The molecule has 6 rings (SSSR count). The monoisotopic (exact) mass is 884 g/mol. The molecule has 4 aromatic carbocycles. The minimum Gasteiger partial charge on any atom is -0.494 e. The molecular formula is C49H60N2O9S2. The number of carbonyl (C=O) groups is 1. The van der Waals surface area contributed by atoms with Crippen LogP contribution in [0.1, 0.15) is 90.2 Å². The molecule has 2 heterocycles. The van der Waals surface area contributed by atoms with E-state index in [0.717, 1.165) is 52.0 Å². The standard InChI is InChI=1S/C49H60N2O9S2/c1-48(2)43(50(30-14-17-33-61(54,55)56)41-28-25-36-19-12-13-20-39(36)46(41)48)21-9-6-5-7-10-22-44-49(3,4)47-40-35-38(60-32-16-8-11-23-45(52)53)27-24-37(40)26-29-42(47)51(44)31-15-18-34-62(57,58)59/h5-7,9-10,12-13,19-22,24-29,35,43H,8,11,14-18,23,30-34H2,1-4H3,(H,52,53)(H,54,55,56)(H,57,58,59). The second kappa shape index (κ2) is 19.6. The summed E-state index contributed by atoms with van der Waals surface area (Å²) >= 11 is 0. The molecule has 0 fully saturated rings. The fourth-order valence-corrected chi connectivity index (χ4v) is 10.4. The van der Waals surface area contributed by atoms with Gasteiger partial charge in [-0.1, -0.05) is 107 Å². The summed E-state index contributed by atoms with van der Waals surface area (Å²) in [5.74, 6) is -0.603. The van der Waals surface area contributed by atoms with Crippen LogP contribution in [0, 0.1) is 0 Å². The van der Waals surface area contributed by atoms with Gasteiger partial charge in [-0.05, 0) is 108 Å². The summed E-state index contributed by atoms with van der Waals surface area (Å²) in [7, 11) is -8.10. The number of carboxylic acid groups (broad SMARTS) is 1. The topological polar surface area (TPSA) is 162 Å². The lowest BCUT2D eigenvalue weighted by molar-refractivity contribution is -0.137. The molecule has 0 saturated heterocycles. The molecule has 2 aliphatic rings. The summed E-state index contributed by atoms with van der Waals surface area (Å²) in [5.41, 5.74) is 4.95. The van der Waals surface area contributed by atoms with E-state index in [1.54, 1.807) is 0 Å². The van der Waals surface area contributed by atoms with Gasteiger partial charge in [0.1, 0.15) is 5.75 Å². The van der Waals surface area contributed by atoms with Crippen LogP contribution in [0.5, 0.6) is 5.75 Å². The summed E-state index contributed by atoms with van der Waals surface area (Å²) in [6.45, 7) is 10.6. The molecule has 4 aromatic rings. The Morgan fingerprint density at radius 3 is 2.03 bits per heavy atom. The number of benzene rings is 4. The van der Waals surface area contributed by atoms with Crippen LogP contribution < -0.4 is 14.5 Å². The Morgan fingerprint density at radius 1 is 0.694 bits per heavy atom. The molecule has 0 bridgehead atoms. The Labute approximate surface area is 367 Å². The molecule has 1 unspecified atom stereocenters. The van der Waals surface area contributed by atoms with Crippen LogP contribution in [-0.4, -0.2) is 74.3 Å². The fraction of sp³-hybridized carbons (Fsp3) is 0.408. The molecule has 1 atom stereocenters. The van der Waals surface area contributed by atoms with E-state index in [1.165, 1.54) is 16.3 Å². The van der Waals surface area contributed by atoms with Gasteiger partial charge < -0.3 is 19.6 Å². The Bertz CT molecular complexity index is 2610. The van der Waals surface area contributed by atoms with Crippen molar-refractivity contribution in [1.29, 1.82) is 0 Å². The number of hydrogen-bond acceptors (Lipinski definition) is 8. The molecule has 332 valence electrons. The number of hydrogen-bond donors (Lipinski definition) is 3. The van der Waals surface area contributed by atoms with Gasteiger partial charge in [0, 0.05) is 47.4 Å². The quantitative estimate of drug-likeness (QED) is 0.0415. The van der Waals surface area contributed by atoms with E-state index >= 15 is 0 Å². The van der Waals surface area contributed by atoms with Crippen LogP contribution in [0.4, 0.5) is 11.4 Å². The van der Waals surface area contributed by atoms with Gasteiger partial charge in [0.15, 0.2) is 0 Å². The first-order valence-corrected chi connectivity index (χ1v) is 24.7. The van der Waals surface area contributed by atoms with Crippen molar-refractivity contribution >= 4 is 59.1 Å². The molecule has 62 heavy (non-hydrogen) atoms. The zero-order chi connectivity index (χ0) is 44.7. The SMILES string of the molecule is CC1(C)C(=CC=CC=CC=CC2N(CCCCS(=O)(=O)O)c3ccc4ccccc4c3C2(C)C)N(CCCCS(=O)(=O)O)c2ccc3ccc(OCCCCCC(=O)O)cc3c21. The number of rotatable bonds is 21. The molecule has 11 nitrogen and oxygen atoms in total. The van der Waals surface area contributed by atoms with Gasteiger partial charge in [-0.15, -0.1) is 0 Å². The maximum absolute atomic E-state index is 11.5. The molecule has 0 radical (unpaired) electrons. The lowest BCUT2D eigenvalue weighted by atomic mass is 9.78. The van der Waals surface area contributed by atoms with Crippen LogP contribution in [0.2, 0.25) is 0 Å². The van der Waals surface area contributed by atoms with Crippen LogP contribution in [-0.2, 0) is 35.9 Å². The van der Waals surface area contributed by atoms with Crippen molar-refractivity contribution in [3.8, 4) is 5.75 Å². The Morgan fingerprint density at radius 2 is 1.32 bits per heavy atom. The molecule has 2 aliphatic heterocycles. The molecule has 0 aromatic heterocycles. The third kappa shape index (κ3) is 11.2. The largest absolute Gasteiger partial charge is 0.494 e. The number of allylic oxidation sites excluding steroid dienone is 7. The second-order valence-corrected chi connectivity index (χ2v) is 20.5. The van der Waals surface area contributed by atoms with Crippen molar-refractivity contribution in [3.63, 3.8) is 0 Å². The summed E-state index contributed by atoms with van der Waals surface area (Å²) in [4.78, 5) is 15.5. The van der Waals surface area contributed by atoms with Gasteiger partial charge >= 0.3 is 5.97 Å². The van der Waals surface area contributed by atoms with Crippen molar-refractivity contribution < 1.29 is 40.6 Å². The Hall–Kier alpha value is -4.95. The van der Waals surface area contributed by atoms with Gasteiger partial charge in [0.2, 0.25) is 0 Å². The maximum Gasteiger partial charge on any atom is 0.303 e. The van der Waals surface area contributed by atoms with Gasteiger partial charge in [0.05, 0.1) is 24.2 Å². The first-order valence-electron chi connectivity index (χ1n) is 21.5. The summed E-state index contributed by atoms with van der Waals surface area (Å²) in [5, 5.41) is 13.4. The van der Waals surface area contributed by atoms with Gasteiger partial charge in [-0.25, -0.2) is 0 Å². The lowest BCUT2D eigenvalue weighted by Crippen LogP contribution is -2.40. The molecule has 0 saturated carbocycles. The van der Waals surface area contributed by atoms with Gasteiger partial charge in [-0.3, -0.25) is 13.9 Å². The van der Waals surface area contributed by atoms with Crippen LogP contribution in [0.3, 0.4) is 0 Å². The van der Waals surface area contributed by atoms with Crippen molar-refractivity contribution in [3.05, 3.63) is 126 Å². The minimum absolute atomic E-state index is 0.00140. The summed E-state index contributed by atoms with van der Waals surface area (Å²) < 4.78 is 70.8. The first-order chi connectivity index (χ1) is 29.4. The average Bonchev–Trinajstić information content (AvgIpc) is 3.56. The lowest BCUT2D eigenvalue weighted by Gasteiger charge is -2.32. The number of unbranched alkanes of at least 4 members (excludes halogenated alkanes) is 4. The van der Waals surface area contributed by atoms with Crippen LogP contribution in [0.15, 0.2) is 115 Å². The second-order valence-electron chi connectivity index (χ2n) is 17.4. The number of ether oxygens (including phenoxy) is 1. The highest BCUT2D eigenvalue weighted by atomic mass is 32.2. The van der Waals surface area contributed by atoms with Crippen LogP contribution in [0.25, 0.3) is 21.5 Å². The van der Waals surface area contributed by atoms with Crippen LogP contribution >= 0.6 is 0 Å². The molecule has 0 amide bonds. The maximum atomic E-state index is 11.5. The third-order valence-corrected chi connectivity index (χ3v) is 13.7. The number of nitrogens with zero attached hydrogens (tertiary/aromatic N) is 2. The van der Waals surface area contributed by atoms with Crippen molar-refractivity contribution in [1.82, 2.24) is 0 Å². The highest BCUT2D eigenvalue weighted by Gasteiger charge is 2.44. The molecule has 0 spiro atoms. The third-order valence-electron chi connectivity index (χ3n) is 12.1. The number of anilines is 2. The van der Waals surface area contributed by atoms with E-state index < -0.39 is 31.6 Å². The normalized spacial score (nSPS) is 18.0. The van der Waals surface area contributed by atoms with E-state index in [2.05, 4.69) is 110 Å². The zero-order valence-electron chi connectivity index (χ0n) is 36.2. The summed E-state index contributed by atoms with van der Waals surface area (Å²) in [6, 6.07) is 23.0. The van der Waals surface area contributed by atoms with Gasteiger partial charge in [0.25, 0.3) is 20.2 Å².